The summed E-state index contributed by atoms with van der Waals surface area (Å²) in [4.78, 5) is 12.1. The molecule has 0 amide bonds. The third-order valence-corrected chi connectivity index (χ3v) is 4.87. The summed E-state index contributed by atoms with van der Waals surface area (Å²) >= 11 is 0. The molecule has 1 atom stereocenters. The zero-order valence-corrected chi connectivity index (χ0v) is 13.9. The van der Waals surface area contributed by atoms with Crippen LogP contribution < -0.4 is 11.2 Å². The zero-order valence-electron chi connectivity index (χ0n) is 13.9. The third-order valence-electron chi connectivity index (χ3n) is 4.87. The van der Waals surface area contributed by atoms with E-state index in [2.05, 4.69) is 33.6 Å². The Balaban J connectivity index is 1.77. The number of nitrogens with zero attached hydrogens (tertiary/aromatic N) is 2. The van der Waals surface area contributed by atoms with E-state index in [4.69, 9.17) is 15.9 Å². The molecular weight excluding hydrogens is 314 g/mol. The largest absolute Gasteiger partial charge is 0.340 e. The lowest BCUT2D eigenvalue weighted by Crippen LogP contribution is -2.15. The van der Waals surface area contributed by atoms with E-state index >= 15 is 0 Å². The van der Waals surface area contributed by atoms with Crippen LogP contribution in [0.2, 0.25) is 0 Å². The van der Waals surface area contributed by atoms with Crippen LogP contribution in [-0.2, 0) is 13.0 Å². The van der Waals surface area contributed by atoms with Gasteiger partial charge in [-0.2, -0.15) is 0 Å². The molecule has 1 aliphatic carbocycles. The molecule has 0 saturated carbocycles. The summed E-state index contributed by atoms with van der Waals surface area (Å²) in [6.07, 6.45) is 5.63. The van der Waals surface area contributed by atoms with E-state index in [0.717, 1.165) is 41.2 Å². The summed E-state index contributed by atoms with van der Waals surface area (Å²) in [5.41, 5.74) is 14.7. The molecule has 0 radical (unpaired) electrons. The SMILES string of the molecule is NCc1nc(-c2ccc3c(c2)CCC3CNO)c(-c2ccncc2)[nH]1. The highest BCUT2D eigenvalue weighted by atomic mass is 16.5. The number of hydroxylamine groups is 1. The molecule has 1 aromatic carbocycles. The van der Waals surface area contributed by atoms with Gasteiger partial charge in [-0.1, -0.05) is 12.1 Å². The Kier molecular flexibility index (Phi) is 4.31. The molecule has 0 saturated heterocycles. The lowest BCUT2D eigenvalue weighted by molar-refractivity contribution is 0.159. The van der Waals surface area contributed by atoms with Crippen LogP contribution in [0, 0.1) is 0 Å². The number of pyridine rings is 1. The number of aromatic nitrogens is 3. The third kappa shape index (κ3) is 2.95. The predicted molar refractivity (Wildman–Crippen MR) is 96.0 cm³/mol. The quantitative estimate of drug-likeness (QED) is 0.537. The number of nitrogens with one attached hydrogen (secondary N) is 2. The minimum Gasteiger partial charge on any atom is -0.340 e. The molecule has 1 unspecified atom stereocenters. The van der Waals surface area contributed by atoms with E-state index in [1.165, 1.54) is 11.1 Å². The normalized spacial score (nSPS) is 16.2. The van der Waals surface area contributed by atoms with Crippen LogP contribution in [0.4, 0.5) is 0 Å². The van der Waals surface area contributed by atoms with Crippen molar-refractivity contribution in [1.29, 1.82) is 0 Å². The van der Waals surface area contributed by atoms with Crippen molar-refractivity contribution in [3.05, 3.63) is 59.7 Å². The molecule has 3 aromatic rings. The second kappa shape index (κ2) is 6.76. The summed E-state index contributed by atoms with van der Waals surface area (Å²) < 4.78 is 0. The highest BCUT2D eigenvalue weighted by molar-refractivity contribution is 5.79. The van der Waals surface area contributed by atoms with Gasteiger partial charge < -0.3 is 15.9 Å². The fourth-order valence-electron chi connectivity index (χ4n) is 3.63. The van der Waals surface area contributed by atoms with Crippen LogP contribution in [0.3, 0.4) is 0 Å². The number of benzene rings is 1. The Bertz CT molecular complexity index is 875. The maximum absolute atomic E-state index is 9.00. The number of imidazole rings is 1. The first-order valence-corrected chi connectivity index (χ1v) is 8.49. The van der Waals surface area contributed by atoms with Gasteiger partial charge in [0.1, 0.15) is 5.82 Å². The molecule has 128 valence electrons. The van der Waals surface area contributed by atoms with Gasteiger partial charge in [-0.05, 0) is 48.1 Å². The second-order valence-corrected chi connectivity index (χ2v) is 6.36. The van der Waals surface area contributed by atoms with Crippen molar-refractivity contribution in [2.75, 3.05) is 6.54 Å². The fourth-order valence-corrected chi connectivity index (χ4v) is 3.63. The highest BCUT2D eigenvalue weighted by Crippen LogP contribution is 2.37. The van der Waals surface area contributed by atoms with Gasteiger partial charge in [0.2, 0.25) is 0 Å². The Hall–Kier alpha value is -2.54. The van der Waals surface area contributed by atoms with Crippen LogP contribution in [0.1, 0.15) is 29.3 Å². The van der Waals surface area contributed by atoms with Crippen molar-refractivity contribution in [3.63, 3.8) is 0 Å². The molecule has 0 bridgehead atoms. The number of nitrogens with two attached hydrogens (primary N) is 1. The van der Waals surface area contributed by atoms with Gasteiger partial charge in [-0.3, -0.25) is 4.98 Å². The van der Waals surface area contributed by atoms with E-state index in [-0.39, 0.29) is 0 Å². The molecule has 0 fully saturated rings. The minimum absolute atomic E-state index is 0.368. The maximum atomic E-state index is 9.00. The first-order valence-electron chi connectivity index (χ1n) is 8.49. The topological polar surface area (TPSA) is 99.8 Å². The van der Waals surface area contributed by atoms with E-state index in [1.807, 2.05) is 12.1 Å². The van der Waals surface area contributed by atoms with Crippen LogP contribution in [-0.4, -0.2) is 26.7 Å². The van der Waals surface area contributed by atoms with Gasteiger partial charge in [0.05, 0.1) is 17.9 Å². The molecule has 6 heteroatoms. The first kappa shape index (κ1) is 16.0. The number of rotatable bonds is 5. The Morgan fingerprint density at radius 1 is 1.20 bits per heavy atom. The van der Waals surface area contributed by atoms with Crippen LogP contribution in [0.5, 0.6) is 0 Å². The average Bonchev–Trinajstić information content (AvgIpc) is 3.27. The lowest BCUT2D eigenvalue weighted by atomic mass is 9.98. The van der Waals surface area contributed by atoms with Gasteiger partial charge in [0, 0.05) is 30.1 Å². The Morgan fingerprint density at radius 3 is 2.80 bits per heavy atom. The van der Waals surface area contributed by atoms with Crippen molar-refractivity contribution in [2.24, 2.45) is 5.73 Å². The van der Waals surface area contributed by atoms with Gasteiger partial charge in [0.25, 0.3) is 0 Å². The zero-order chi connectivity index (χ0) is 17.2. The fraction of sp³-hybridized carbons (Fsp3) is 0.263. The van der Waals surface area contributed by atoms with E-state index in [9.17, 15) is 0 Å². The van der Waals surface area contributed by atoms with Crippen molar-refractivity contribution >= 4 is 0 Å². The number of aromatic amines is 1. The average molecular weight is 335 g/mol. The maximum Gasteiger partial charge on any atom is 0.121 e. The van der Waals surface area contributed by atoms with Crippen LogP contribution >= 0.6 is 0 Å². The molecule has 0 aliphatic heterocycles. The Labute approximate surface area is 146 Å². The predicted octanol–water partition coefficient (Wildman–Crippen LogP) is 2.61. The van der Waals surface area contributed by atoms with Crippen molar-refractivity contribution < 1.29 is 5.21 Å². The number of aryl methyl sites for hydroxylation is 1. The standard InChI is InChI=1S/C19H21N5O/c20-10-17-23-18(12-5-7-21-8-6-12)19(24-17)14-3-4-16-13(9-14)1-2-15(16)11-22-25/h3-9,15,22,25H,1-2,10-11,20H2,(H,23,24). The van der Waals surface area contributed by atoms with Gasteiger partial charge >= 0.3 is 0 Å². The molecule has 6 nitrogen and oxygen atoms in total. The number of hydrogen-bond donors (Lipinski definition) is 4. The number of fused-ring (bicyclic) bond motifs is 1. The monoisotopic (exact) mass is 335 g/mol. The lowest BCUT2D eigenvalue weighted by Gasteiger charge is -2.11. The summed E-state index contributed by atoms with van der Waals surface area (Å²) in [5.74, 6) is 1.14. The highest BCUT2D eigenvalue weighted by Gasteiger charge is 2.23. The summed E-state index contributed by atoms with van der Waals surface area (Å²) in [6.45, 7) is 0.960. The second-order valence-electron chi connectivity index (χ2n) is 6.36. The van der Waals surface area contributed by atoms with Crippen LogP contribution in [0.15, 0.2) is 42.7 Å². The molecule has 5 N–H and O–H groups in total. The van der Waals surface area contributed by atoms with Crippen LogP contribution in [0.25, 0.3) is 22.5 Å². The van der Waals surface area contributed by atoms with Gasteiger partial charge in [-0.25, -0.2) is 10.5 Å². The van der Waals surface area contributed by atoms with Crippen molar-refractivity contribution in [3.8, 4) is 22.5 Å². The van der Waals surface area contributed by atoms with Gasteiger partial charge in [0.15, 0.2) is 0 Å². The molecule has 0 spiro atoms. The molecular formula is C19H21N5O. The molecule has 25 heavy (non-hydrogen) atoms. The number of H-pyrrole nitrogens is 1. The number of hydrogen-bond acceptors (Lipinski definition) is 5. The molecule has 2 aromatic heterocycles. The minimum atomic E-state index is 0.368. The molecule has 1 aliphatic rings. The van der Waals surface area contributed by atoms with E-state index in [1.54, 1.807) is 12.4 Å². The van der Waals surface area contributed by atoms with Crippen molar-refractivity contribution in [1.82, 2.24) is 20.4 Å². The first-order chi connectivity index (χ1) is 12.3. The molecule has 4 rings (SSSR count). The molecule has 2 heterocycles. The smallest absolute Gasteiger partial charge is 0.121 e. The Morgan fingerprint density at radius 2 is 2.04 bits per heavy atom. The van der Waals surface area contributed by atoms with Gasteiger partial charge in [-0.15, -0.1) is 0 Å². The summed E-state index contributed by atoms with van der Waals surface area (Å²) in [6, 6.07) is 10.4. The summed E-state index contributed by atoms with van der Waals surface area (Å²) in [5, 5.41) is 9.00. The van der Waals surface area contributed by atoms with E-state index < -0.39 is 0 Å². The van der Waals surface area contributed by atoms with E-state index in [0.29, 0.717) is 19.0 Å². The summed E-state index contributed by atoms with van der Waals surface area (Å²) in [7, 11) is 0. The van der Waals surface area contributed by atoms with Crippen molar-refractivity contribution in [2.45, 2.75) is 25.3 Å².